The molecule has 2 N–H and O–H groups in total. The van der Waals surface area contributed by atoms with Gasteiger partial charge < -0.3 is 5.11 Å². The summed E-state index contributed by atoms with van der Waals surface area (Å²) in [6, 6.07) is 3.96. The van der Waals surface area contributed by atoms with Gasteiger partial charge in [0.1, 0.15) is 10.7 Å². The Balaban J connectivity index is 2.90. The second kappa shape index (κ2) is 5.98. The highest BCUT2D eigenvalue weighted by Crippen LogP contribution is 2.21. The second-order valence-electron chi connectivity index (χ2n) is 5.40. The van der Waals surface area contributed by atoms with Crippen LogP contribution >= 0.6 is 0 Å². The molecule has 0 heterocycles. The van der Waals surface area contributed by atoms with E-state index in [0.29, 0.717) is 12.0 Å². The average Bonchev–Trinajstić information content (AvgIpc) is 2.30. The van der Waals surface area contributed by atoms with E-state index in [4.69, 9.17) is 5.11 Å². The Morgan fingerprint density at radius 2 is 2.00 bits per heavy atom. The molecule has 0 aliphatic heterocycles. The lowest BCUT2D eigenvalue weighted by Crippen LogP contribution is -2.35. The lowest BCUT2D eigenvalue weighted by molar-refractivity contribution is 0.213. The largest absolute Gasteiger partial charge is 0.396 e. The summed E-state index contributed by atoms with van der Waals surface area (Å²) >= 11 is 0. The van der Waals surface area contributed by atoms with E-state index in [1.165, 1.54) is 12.1 Å². The van der Waals surface area contributed by atoms with Crippen molar-refractivity contribution in [2.75, 3.05) is 13.2 Å². The molecule has 0 amide bonds. The maximum absolute atomic E-state index is 13.6. The number of hydrogen-bond donors (Lipinski definition) is 2. The molecule has 19 heavy (non-hydrogen) atoms. The first-order valence-electron chi connectivity index (χ1n) is 6.05. The number of aliphatic hydroxyl groups is 1. The van der Waals surface area contributed by atoms with Gasteiger partial charge in [-0.3, -0.25) is 0 Å². The Morgan fingerprint density at radius 3 is 2.58 bits per heavy atom. The number of hydrogen-bond acceptors (Lipinski definition) is 3. The first-order valence-corrected chi connectivity index (χ1v) is 7.53. The van der Waals surface area contributed by atoms with Crippen molar-refractivity contribution in [3.05, 3.63) is 29.6 Å². The van der Waals surface area contributed by atoms with Crippen molar-refractivity contribution in [1.29, 1.82) is 0 Å². The summed E-state index contributed by atoms with van der Waals surface area (Å²) in [4.78, 5) is -0.340. The zero-order chi connectivity index (χ0) is 14.7. The molecule has 0 unspecified atom stereocenters. The van der Waals surface area contributed by atoms with Crippen LogP contribution < -0.4 is 4.72 Å². The minimum atomic E-state index is -3.87. The van der Waals surface area contributed by atoms with Gasteiger partial charge >= 0.3 is 0 Å². The number of halogens is 1. The SMILES string of the molecule is Cc1ccc(F)c(S(=O)(=O)NCC(C)(C)CCO)c1. The normalized spacial score (nSPS) is 12.7. The number of sulfonamides is 1. The summed E-state index contributed by atoms with van der Waals surface area (Å²) in [6.45, 7) is 5.49. The van der Waals surface area contributed by atoms with Crippen LogP contribution in [0.2, 0.25) is 0 Å². The molecule has 0 radical (unpaired) electrons. The molecule has 0 aliphatic carbocycles. The van der Waals surface area contributed by atoms with Gasteiger partial charge in [-0.1, -0.05) is 19.9 Å². The third kappa shape index (κ3) is 4.56. The van der Waals surface area contributed by atoms with Crippen molar-refractivity contribution >= 4 is 10.0 Å². The van der Waals surface area contributed by atoms with Crippen molar-refractivity contribution in [3.63, 3.8) is 0 Å². The number of aliphatic hydroxyl groups excluding tert-OH is 1. The zero-order valence-electron chi connectivity index (χ0n) is 11.4. The second-order valence-corrected chi connectivity index (χ2v) is 7.13. The summed E-state index contributed by atoms with van der Waals surface area (Å²) in [5, 5.41) is 8.89. The molecule has 0 saturated carbocycles. The zero-order valence-corrected chi connectivity index (χ0v) is 12.2. The van der Waals surface area contributed by atoms with Gasteiger partial charge in [0.25, 0.3) is 0 Å². The van der Waals surface area contributed by atoms with Crippen molar-refractivity contribution in [3.8, 4) is 0 Å². The van der Waals surface area contributed by atoms with Crippen LogP contribution in [0.3, 0.4) is 0 Å². The minimum Gasteiger partial charge on any atom is -0.396 e. The molecular weight excluding hydrogens is 269 g/mol. The molecule has 0 fully saturated rings. The van der Waals surface area contributed by atoms with E-state index in [0.717, 1.165) is 6.07 Å². The highest BCUT2D eigenvalue weighted by atomic mass is 32.2. The lowest BCUT2D eigenvalue weighted by atomic mass is 9.90. The highest BCUT2D eigenvalue weighted by molar-refractivity contribution is 7.89. The quantitative estimate of drug-likeness (QED) is 0.839. The van der Waals surface area contributed by atoms with E-state index in [-0.39, 0.29) is 23.5 Å². The van der Waals surface area contributed by atoms with Gasteiger partial charge in [0.2, 0.25) is 10.0 Å². The van der Waals surface area contributed by atoms with E-state index in [1.54, 1.807) is 6.92 Å². The van der Waals surface area contributed by atoms with Crippen LogP contribution in [0.4, 0.5) is 4.39 Å². The Hall–Kier alpha value is -0.980. The van der Waals surface area contributed by atoms with Crippen LogP contribution in [0.5, 0.6) is 0 Å². The number of nitrogens with one attached hydrogen (secondary N) is 1. The van der Waals surface area contributed by atoms with Gasteiger partial charge in [-0.25, -0.2) is 17.5 Å². The molecule has 0 aromatic heterocycles. The van der Waals surface area contributed by atoms with E-state index < -0.39 is 15.8 Å². The molecular formula is C13H20FNO3S. The molecule has 108 valence electrons. The summed E-state index contributed by atoms with van der Waals surface area (Å²) in [5.74, 6) is -0.766. The van der Waals surface area contributed by atoms with Crippen LogP contribution in [0.1, 0.15) is 25.8 Å². The van der Waals surface area contributed by atoms with Gasteiger partial charge in [-0.05, 0) is 36.5 Å². The molecule has 1 aromatic rings. The van der Waals surface area contributed by atoms with E-state index in [2.05, 4.69) is 4.72 Å². The van der Waals surface area contributed by atoms with E-state index in [1.807, 2.05) is 13.8 Å². The van der Waals surface area contributed by atoms with Gasteiger partial charge in [0, 0.05) is 13.2 Å². The van der Waals surface area contributed by atoms with E-state index >= 15 is 0 Å². The average molecular weight is 289 g/mol. The van der Waals surface area contributed by atoms with Crippen LogP contribution in [0, 0.1) is 18.2 Å². The van der Waals surface area contributed by atoms with Gasteiger partial charge in [0.15, 0.2) is 0 Å². The van der Waals surface area contributed by atoms with Crippen LogP contribution in [-0.4, -0.2) is 26.7 Å². The lowest BCUT2D eigenvalue weighted by Gasteiger charge is -2.23. The Bertz CT molecular complexity index is 541. The molecule has 0 bridgehead atoms. The third-order valence-electron chi connectivity index (χ3n) is 2.91. The van der Waals surface area contributed by atoms with Crippen molar-refractivity contribution < 1.29 is 17.9 Å². The van der Waals surface area contributed by atoms with Crippen LogP contribution in [0.15, 0.2) is 23.1 Å². The van der Waals surface area contributed by atoms with Gasteiger partial charge in [-0.15, -0.1) is 0 Å². The molecule has 1 rings (SSSR count). The standard InChI is InChI=1S/C13H20FNO3S/c1-10-4-5-11(14)12(8-10)19(17,18)15-9-13(2,3)6-7-16/h4-5,8,15-16H,6-7,9H2,1-3H3. The highest BCUT2D eigenvalue weighted by Gasteiger charge is 2.24. The maximum Gasteiger partial charge on any atom is 0.243 e. The summed E-state index contributed by atoms with van der Waals surface area (Å²) < 4.78 is 40.0. The van der Waals surface area contributed by atoms with E-state index in [9.17, 15) is 12.8 Å². The first kappa shape index (κ1) is 16.1. The van der Waals surface area contributed by atoms with Gasteiger partial charge in [0.05, 0.1) is 0 Å². The fourth-order valence-corrected chi connectivity index (χ4v) is 2.98. The predicted octanol–water partition coefficient (Wildman–Crippen LogP) is 1.82. The number of benzene rings is 1. The molecule has 0 aliphatic rings. The predicted molar refractivity (Wildman–Crippen MR) is 71.8 cm³/mol. The first-order chi connectivity index (χ1) is 8.68. The molecule has 0 spiro atoms. The maximum atomic E-state index is 13.6. The van der Waals surface area contributed by atoms with Gasteiger partial charge in [-0.2, -0.15) is 0 Å². The Morgan fingerprint density at radius 1 is 1.37 bits per heavy atom. The molecule has 1 aromatic carbocycles. The Kier molecular flexibility index (Phi) is 5.06. The smallest absolute Gasteiger partial charge is 0.243 e. The topological polar surface area (TPSA) is 66.4 Å². The van der Waals surface area contributed by atoms with Crippen LogP contribution in [-0.2, 0) is 10.0 Å². The Labute approximate surface area is 113 Å². The monoisotopic (exact) mass is 289 g/mol. The van der Waals surface area contributed by atoms with Crippen LogP contribution in [0.25, 0.3) is 0 Å². The van der Waals surface area contributed by atoms with Crippen molar-refractivity contribution in [1.82, 2.24) is 4.72 Å². The fraction of sp³-hybridized carbons (Fsp3) is 0.538. The van der Waals surface area contributed by atoms with Crippen molar-refractivity contribution in [2.24, 2.45) is 5.41 Å². The molecule has 4 nitrogen and oxygen atoms in total. The number of rotatable bonds is 6. The third-order valence-corrected chi connectivity index (χ3v) is 4.32. The summed E-state index contributed by atoms with van der Waals surface area (Å²) in [7, 11) is -3.87. The molecule has 0 saturated heterocycles. The van der Waals surface area contributed by atoms with Crippen molar-refractivity contribution in [2.45, 2.75) is 32.1 Å². The molecule has 0 atom stereocenters. The number of aryl methyl sites for hydroxylation is 1. The summed E-state index contributed by atoms with van der Waals surface area (Å²) in [6.07, 6.45) is 0.464. The molecule has 6 heteroatoms. The summed E-state index contributed by atoms with van der Waals surface area (Å²) in [5.41, 5.74) is 0.290. The fourth-order valence-electron chi connectivity index (χ4n) is 1.58. The minimum absolute atomic E-state index is 0.0203.